The second-order valence-electron chi connectivity index (χ2n) is 10.9. The molecule has 4 heterocycles. The lowest BCUT2D eigenvalue weighted by Gasteiger charge is -2.33. The van der Waals surface area contributed by atoms with E-state index in [1.165, 1.54) is 18.4 Å². The summed E-state index contributed by atoms with van der Waals surface area (Å²) in [6.45, 7) is 7.23. The highest BCUT2D eigenvalue weighted by molar-refractivity contribution is 7.89. The van der Waals surface area contributed by atoms with Gasteiger partial charge in [0.25, 0.3) is 5.91 Å². The van der Waals surface area contributed by atoms with Gasteiger partial charge in [-0.2, -0.15) is 0 Å². The predicted molar refractivity (Wildman–Crippen MR) is 158 cm³/mol. The lowest BCUT2D eigenvalue weighted by atomic mass is 10.0. The van der Waals surface area contributed by atoms with E-state index in [9.17, 15) is 18.0 Å². The van der Waals surface area contributed by atoms with E-state index in [4.69, 9.17) is 0 Å². The first-order chi connectivity index (χ1) is 19.6. The lowest BCUT2D eigenvalue weighted by molar-refractivity contribution is -0.119. The van der Waals surface area contributed by atoms with E-state index in [0.29, 0.717) is 46.9 Å². The van der Waals surface area contributed by atoms with Crippen molar-refractivity contribution in [3.05, 3.63) is 47.2 Å². The molecule has 6 rings (SSSR count). The Bertz CT molecular complexity index is 1650. The Morgan fingerprint density at radius 3 is 2.66 bits per heavy atom. The minimum Gasteiger partial charge on any atom is -0.331 e. The average Bonchev–Trinajstić information content (AvgIpc) is 3.65. The molecule has 41 heavy (non-hydrogen) atoms. The number of nitrogens with one attached hydrogen (secondary N) is 3. The smallest absolute Gasteiger partial charge is 0.256 e. The first kappa shape index (κ1) is 27.8. The summed E-state index contributed by atoms with van der Waals surface area (Å²) >= 11 is 1.38. The van der Waals surface area contributed by atoms with Crippen LogP contribution in [-0.2, 0) is 21.4 Å². The molecule has 11 nitrogen and oxygen atoms in total. The minimum atomic E-state index is -3.90. The summed E-state index contributed by atoms with van der Waals surface area (Å²) in [6.07, 6.45) is 2.18. The van der Waals surface area contributed by atoms with Crippen molar-refractivity contribution in [3.8, 4) is 10.4 Å². The second kappa shape index (κ2) is 10.5. The van der Waals surface area contributed by atoms with E-state index in [2.05, 4.69) is 25.3 Å². The van der Waals surface area contributed by atoms with E-state index < -0.39 is 10.0 Å². The van der Waals surface area contributed by atoms with Crippen molar-refractivity contribution >= 4 is 49.9 Å². The van der Waals surface area contributed by atoms with E-state index in [0.717, 1.165) is 23.4 Å². The van der Waals surface area contributed by atoms with E-state index in [1.807, 2.05) is 45.0 Å². The summed E-state index contributed by atoms with van der Waals surface area (Å²) in [5, 5.41) is 6.94. The van der Waals surface area contributed by atoms with Crippen LogP contribution in [0.5, 0.6) is 0 Å². The fraction of sp³-hybridized carbons (Fsp3) is 0.429. The number of carbonyl (C=O) groups is 2. The number of amides is 2. The molecule has 1 saturated carbocycles. The number of benzene rings is 1. The standard InChI is InChI=1S/C28H33N7O4S2/c1-15-12-30-13-24(36)35(15)23-7-5-6-22(32-23)33-28-31-16(2)26(40-28)19-10-20-14-34(17(3)18-8-9-18)27(37)25(20)21(11-19)41(38,39)29-4/h5-7,10-11,15,17-18,29-30H,8-9,12-14H2,1-4H3,(H,31,32,33)/t15-,17?/m0/s1. The average molecular weight is 596 g/mol. The van der Waals surface area contributed by atoms with Gasteiger partial charge >= 0.3 is 0 Å². The molecule has 0 radical (unpaired) electrons. The first-order valence-electron chi connectivity index (χ1n) is 13.7. The van der Waals surface area contributed by atoms with Crippen LogP contribution in [0.1, 0.15) is 48.3 Å². The molecule has 2 fully saturated rings. The molecule has 2 aliphatic heterocycles. The second-order valence-corrected chi connectivity index (χ2v) is 13.8. The van der Waals surface area contributed by atoms with Crippen LogP contribution >= 0.6 is 11.3 Å². The molecule has 13 heteroatoms. The molecule has 3 aromatic rings. The predicted octanol–water partition coefficient (Wildman–Crippen LogP) is 3.24. The number of rotatable bonds is 8. The normalized spacial score (nSPS) is 20.0. The number of hydrogen-bond acceptors (Lipinski definition) is 9. The van der Waals surface area contributed by atoms with Gasteiger partial charge in [0.05, 0.1) is 27.6 Å². The Morgan fingerprint density at radius 1 is 1.17 bits per heavy atom. The molecule has 0 spiro atoms. The Morgan fingerprint density at radius 2 is 1.95 bits per heavy atom. The molecule has 2 atom stereocenters. The van der Waals surface area contributed by atoms with Gasteiger partial charge in [-0.15, -0.1) is 0 Å². The highest BCUT2D eigenvalue weighted by atomic mass is 32.2. The number of anilines is 3. The van der Waals surface area contributed by atoms with Gasteiger partial charge in [0, 0.05) is 25.2 Å². The molecule has 1 saturated heterocycles. The number of piperazine rings is 1. The van der Waals surface area contributed by atoms with Crippen molar-refractivity contribution < 1.29 is 18.0 Å². The molecular weight excluding hydrogens is 562 g/mol. The van der Waals surface area contributed by atoms with Crippen LogP contribution < -0.4 is 20.3 Å². The van der Waals surface area contributed by atoms with Crippen LogP contribution in [0.4, 0.5) is 16.8 Å². The van der Waals surface area contributed by atoms with Gasteiger partial charge in [-0.05, 0) is 82.0 Å². The Labute approximate surface area is 243 Å². The Balaban J connectivity index is 1.33. The zero-order chi connectivity index (χ0) is 29.1. The molecule has 1 aromatic carbocycles. The summed E-state index contributed by atoms with van der Waals surface area (Å²) in [5.74, 6) is 1.32. The van der Waals surface area contributed by atoms with Gasteiger partial charge in [-0.3, -0.25) is 14.5 Å². The third kappa shape index (κ3) is 5.11. The quantitative estimate of drug-likeness (QED) is 0.361. The van der Waals surface area contributed by atoms with Crippen molar-refractivity contribution in [2.24, 2.45) is 5.92 Å². The molecule has 2 aromatic heterocycles. The molecule has 1 unspecified atom stereocenters. The van der Waals surface area contributed by atoms with Crippen molar-refractivity contribution in [1.82, 2.24) is 24.9 Å². The lowest BCUT2D eigenvalue weighted by Crippen LogP contribution is -2.54. The first-order valence-corrected chi connectivity index (χ1v) is 16.0. The maximum absolute atomic E-state index is 13.4. The van der Waals surface area contributed by atoms with Crippen molar-refractivity contribution in [3.63, 3.8) is 0 Å². The summed E-state index contributed by atoms with van der Waals surface area (Å²) in [5.41, 5.74) is 2.38. The number of aromatic nitrogens is 2. The van der Waals surface area contributed by atoms with Gasteiger partial charge in [0.2, 0.25) is 15.9 Å². The maximum Gasteiger partial charge on any atom is 0.256 e. The highest BCUT2D eigenvalue weighted by Gasteiger charge is 2.41. The van der Waals surface area contributed by atoms with Crippen molar-refractivity contribution in [2.45, 2.75) is 57.1 Å². The van der Waals surface area contributed by atoms with Crippen LogP contribution in [0.25, 0.3) is 10.4 Å². The molecule has 3 N–H and O–H groups in total. The van der Waals surface area contributed by atoms with Crippen LogP contribution in [-0.4, -0.2) is 67.3 Å². The number of nitrogens with zero attached hydrogens (tertiary/aromatic N) is 4. The van der Waals surface area contributed by atoms with Crippen molar-refractivity contribution in [1.29, 1.82) is 0 Å². The fourth-order valence-electron chi connectivity index (χ4n) is 5.67. The number of fused-ring (bicyclic) bond motifs is 1. The number of sulfonamides is 1. The van der Waals surface area contributed by atoms with E-state index in [1.54, 1.807) is 15.9 Å². The number of pyridine rings is 1. The maximum atomic E-state index is 13.4. The minimum absolute atomic E-state index is 0.00511. The van der Waals surface area contributed by atoms with Gasteiger partial charge in [0.15, 0.2) is 5.13 Å². The summed E-state index contributed by atoms with van der Waals surface area (Å²) < 4.78 is 28.6. The van der Waals surface area contributed by atoms with Crippen molar-refractivity contribution in [2.75, 3.05) is 30.4 Å². The zero-order valence-electron chi connectivity index (χ0n) is 23.4. The van der Waals surface area contributed by atoms with Crippen LogP contribution in [0.2, 0.25) is 0 Å². The van der Waals surface area contributed by atoms with E-state index >= 15 is 0 Å². The molecule has 216 valence electrons. The number of thiazole rings is 1. The third-order valence-corrected chi connectivity index (χ3v) is 10.6. The van der Waals surface area contributed by atoms with Crippen LogP contribution in [0, 0.1) is 12.8 Å². The largest absolute Gasteiger partial charge is 0.331 e. The van der Waals surface area contributed by atoms with E-state index in [-0.39, 0.29) is 40.9 Å². The Hall–Kier alpha value is -3.39. The zero-order valence-corrected chi connectivity index (χ0v) is 25.0. The summed E-state index contributed by atoms with van der Waals surface area (Å²) in [6, 6.07) is 9.00. The number of aryl methyl sites for hydroxylation is 1. The topological polar surface area (TPSA) is 137 Å². The van der Waals surface area contributed by atoms with Crippen LogP contribution in [0.3, 0.4) is 0 Å². The molecular formula is C28H33N7O4S2. The SMILES string of the molecule is CNS(=O)(=O)c1cc(-c2sc(Nc3cccc(N4C(=O)CNC[C@@H]4C)n3)nc2C)cc2c1C(=O)N(C(C)C1CC1)C2. The summed E-state index contributed by atoms with van der Waals surface area (Å²) in [4.78, 5) is 39.6. The molecule has 3 aliphatic rings. The fourth-order valence-corrected chi connectivity index (χ4v) is 7.62. The van der Waals surface area contributed by atoms with Gasteiger partial charge < -0.3 is 15.5 Å². The number of carbonyl (C=O) groups excluding carboxylic acids is 2. The van der Waals surface area contributed by atoms with Crippen LogP contribution in [0.15, 0.2) is 35.2 Å². The van der Waals surface area contributed by atoms with Gasteiger partial charge in [0.1, 0.15) is 11.6 Å². The number of hydrogen-bond donors (Lipinski definition) is 3. The molecule has 0 bridgehead atoms. The summed E-state index contributed by atoms with van der Waals surface area (Å²) in [7, 11) is -2.54. The van der Waals surface area contributed by atoms with Gasteiger partial charge in [-0.1, -0.05) is 17.4 Å². The molecule has 2 amide bonds. The molecule has 1 aliphatic carbocycles. The Kier molecular flexibility index (Phi) is 7.09. The monoisotopic (exact) mass is 595 g/mol. The highest BCUT2D eigenvalue weighted by Crippen LogP contribution is 2.42. The third-order valence-electron chi connectivity index (χ3n) is 8.05. The van der Waals surface area contributed by atoms with Gasteiger partial charge in [-0.25, -0.2) is 23.1 Å².